The molecule has 0 radical (unpaired) electrons. The molecule has 1 saturated heterocycles. The number of rotatable bonds is 7. The molecule has 4 rings (SSSR count). The second-order valence-corrected chi connectivity index (χ2v) is 9.21. The highest BCUT2D eigenvalue weighted by molar-refractivity contribution is 7.89. The van der Waals surface area contributed by atoms with Gasteiger partial charge in [-0.15, -0.1) is 5.10 Å². The Morgan fingerprint density at radius 1 is 1.12 bits per heavy atom. The van der Waals surface area contributed by atoms with E-state index < -0.39 is 27.8 Å². The monoisotopic (exact) mass is 480 g/mol. The van der Waals surface area contributed by atoms with Crippen molar-refractivity contribution in [3.05, 3.63) is 66.0 Å². The maximum atomic E-state index is 13.3. The van der Waals surface area contributed by atoms with Crippen LogP contribution in [-0.2, 0) is 21.0 Å². The molecule has 1 aliphatic rings. The Balaban J connectivity index is 1.68. The van der Waals surface area contributed by atoms with Crippen LogP contribution in [0.3, 0.4) is 0 Å². The summed E-state index contributed by atoms with van der Waals surface area (Å²) in [5.74, 6) is -0.174. The van der Waals surface area contributed by atoms with Crippen molar-refractivity contribution in [2.75, 3.05) is 13.1 Å². The molecule has 0 saturated carbocycles. The molecule has 0 aliphatic carbocycles. The van der Waals surface area contributed by atoms with Crippen molar-refractivity contribution in [1.29, 1.82) is 0 Å². The van der Waals surface area contributed by atoms with E-state index in [4.69, 9.17) is 0 Å². The molecule has 0 bridgehead atoms. The quantitative estimate of drug-likeness (QED) is 0.556. The van der Waals surface area contributed by atoms with Crippen LogP contribution in [-0.4, -0.2) is 52.5 Å². The number of tetrazole rings is 1. The molecule has 1 aromatic heterocycles. The van der Waals surface area contributed by atoms with Gasteiger partial charge >= 0.3 is 6.18 Å². The predicted molar refractivity (Wildman–Crippen MR) is 109 cm³/mol. The van der Waals surface area contributed by atoms with E-state index in [1.165, 1.54) is 46.2 Å². The summed E-state index contributed by atoms with van der Waals surface area (Å²) in [5.41, 5.74) is -0.421. The van der Waals surface area contributed by atoms with Gasteiger partial charge in [-0.05, 0) is 52.7 Å². The van der Waals surface area contributed by atoms with Crippen LogP contribution in [0.15, 0.2) is 59.8 Å². The van der Waals surface area contributed by atoms with Crippen molar-refractivity contribution in [1.82, 2.24) is 29.8 Å². The maximum absolute atomic E-state index is 13.3. The first-order valence-corrected chi connectivity index (χ1v) is 11.4. The molecular weight excluding hydrogens is 461 g/mol. The standard InChI is InChI=1S/C20H19F3N6O3S/c21-20(22,23)15-5-1-4-14(10-15)18(12-28-9-3-8-19(28)30)25-33(31,32)17-7-2-6-16(11-17)29-13-24-26-27-29/h1-2,4-7,10-11,13,18,25H,3,8-9,12H2. The number of carbonyl (C=O) groups is 1. The van der Waals surface area contributed by atoms with Crippen LogP contribution in [0, 0.1) is 0 Å². The van der Waals surface area contributed by atoms with Gasteiger partial charge in [0.15, 0.2) is 0 Å². The first-order valence-electron chi connectivity index (χ1n) is 9.94. The smallest absolute Gasteiger partial charge is 0.341 e. The second-order valence-electron chi connectivity index (χ2n) is 7.49. The van der Waals surface area contributed by atoms with E-state index in [-0.39, 0.29) is 22.9 Å². The lowest BCUT2D eigenvalue weighted by atomic mass is 10.0. The van der Waals surface area contributed by atoms with Gasteiger partial charge in [-0.3, -0.25) is 4.79 Å². The van der Waals surface area contributed by atoms with E-state index in [1.54, 1.807) is 6.07 Å². The van der Waals surface area contributed by atoms with Crippen molar-refractivity contribution in [2.24, 2.45) is 0 Å². The Morgan fingerprint density at radius 3 is 2.58 bits per heavy atom. The third-order valence-electron chi connectivity index (χ3n) is 5.23. The van der Waals surface area contributed by atoms with Crippen LogP contribution in [0.5, 0.6) is 0 Å². The Labute approximate surface area is 187 Å². The van der Waals surface area contributed by atoms with Crippen molar-refractivity contribution >= 4 is 15.9 Å². The molecule has 1 fully saturated rings. The summed E-state index contributed by atoms with van der Waals surface area (Å²) in [6.45, 7) is 0.316. The summed E-state index contributed by atoms with van der Waals surface area (Å²) in [4.78, 5) is 13.5. The van der Waals surface area contributed by atoms with Gasteiger partial charge < -0.3 is 4.90 Å². The molecule has 1 aliphatic heterocycles. The topological polar surface area (TPSA) is 110 Å². The lowest BCUT2D eigenvalue weighted by Crippen LogP contribution is -2.38. The number of hydrogen-bond donors (Lipinski definition) is 1. The number of benzene rings is 2. The summed E-state index contributed by atoms with van der Waals surface area (Å²) < 4.78 is 69.9. The first-order chi connectivity index (χ1) is 15.6. The number of nitrogens with zero attached hydrogens (tertiary/aromatic N) is 5. The zero-order valence-electron chi connectivity index (χ0n) is 17.1. The molecule has 1 unspecified atom stereocenters. The number of aromatic nitrogens is 4. The van der Waals surface area contributed by atoms with Gasteiger partial charge in [0.2, 0.25) is 15.9 Å². The molecular formula is C20H19F3N6O3S. The Hall–Kier alpha value is -3.32. The van der Waals surface area contributed by atoms with Crippen molar-refractivity contribution in [3.8, 4) is 5.69 Å². The molecule has 33 heavy (non-hydrogen) atoms. The van der Waals surface area contributed by atoms with Crippen LogP contribution in [0.1, 0.15) is 30.0 Å². The highest BCUT2D eigenvalue weighted by Gasteiger charge is 2.33. The fraction of sp³-hybridized carbons (Fsp3) is 0.300. The minimum absolute atomic E-state index is 0.0912. The first kappa shape index (κ1) is 22.9. The van der Waals surface area contributed by atoms with E-state index >= 15 is 0 Å². The molecule has 9 nitrogen and oxygen atoms in total. The van der Waals surface area contributed by atoms with Gasteiger partial charge in [0.05, 0.1) is 22.2 Å². The van der Waals surface area contributed by atoms with Gasteiger partial charge in [-0.25, -0.2) is 17.8 Å². The van der Waals surface area contributed by atoms with Crippen LogP contribution in [0.4, 0.5) is 13.2 Å². The molecule has 1 atom stereocenters. The zero-order chi connectivity index (χ0) is 23.6. The number of sulfonamides is 1. The van der Waals surface area contributed by atoms with Gasteiger partial charge in [-0.1, -0.05) is 18.2 Å². The van der Waals surface area contributed by atoms with Crippen molar-refractivity contribution < 1.29 is 26.4 Å². The zero-order valence-corrected chi connectivity index (χ0v) is 17.9. The average molecular weight is 480 g/mol. The summed E-state index contributed by atoms with van der Waals surface area (Å²) in [6.07, 6.45) is -2.38. The Morgan fingerprint density at radius 2 is 1.91 bits per heavy atom. The number of nitrogens with one attached hydrogen (secondary N) is 1. The Bertz CT molecular complexity index is 1250. The summed E-state index contributed by atoms with van der Waals surface area (Å²) in [6, 6.07) is 9.11. The number of likely N-dealkylation sites (tertiary alicyclic amines) is 1. The Kier molecular flexibility index (Phi) is 6.17. The van der Waals surface area contributed by atoms with Crippen molar-refractivity contribution in [2.45, 2.75) is 30.0 Å². The summed E-state index contributed by atoms with van der Waals surface area (Å²) in [7, 11) is -4.18. The van der Waals surface area contributed by atoms with E-state index in [1.807, 2.05) is 0 Å². The molecule has 1 N–H and O–H groups in total. The predicted octanol–water partition coefficient (Wildman–Crippen LogP) is 2.32. The van der Waals surface area contributed by atoms with Crippen LogP contribution < -0.4 is 4.72 Å². The lowest BCUT2D eigenvalue weighted by Gasteiger charge is -2.25. The van der Waals surface area contributed by atoms with Crippen LogP contribution >= 0.6 is 0 Å². The molecule has 2 aromatic carbocycles. The molecule has 1 amide bonds. The molecule has 2 heterocycles. The average Bonchev–Trinajstić information content (AvgIpc) is 3.45. The van der Waals surface area contributed by atoms with E-state index in [2.05, 4.69) is 20.2 Å². The molecule has 3 aromatic rings. The molecule has 174 valence electrons. The highest BCUT2D eigenvalue weighted by atomic mass is 32.2. The summed E-state index contributed by atoms with van der Waals surface area (Å²) >= 11 is 0. The van der Waals surface area contributed by atoms with Gasteiger partial charge in [0.25, 0.3) is 0 Å². The maximum Gasteiger partial charge on any atom is 0.416 e. The number of amides is 1. The van der Waals surface area contributed by atoms with Gasteiger partial charge in [0.1, 0.15) is 6.33 Å². The van der Waals surface area contributed by atoms with E-state index in [0.29, 0.717) is 25.1 Å². The minimum atomic E-state index is -4.59. The van der Waals surface area contributed by atoms with Gasteiger partial charge in [0, 0.05) is 19.5 Å². The summed E-state index contributed by atoms with van der Waals surface area (Å²) in [5, 5.41) is 10.7. The normalized spacial score (nSPS) is 15.7. The number of hydrogen-bond acceptors (Lipinski definition) is 6. The van der Waals surface area contributed by atoms with Crippen LogP contribution in [0.2, 0.25) is 0 Å². The fourth-order valence-corrected chi connectivity index (χ4v) is 4.84. The number of halogens is 3. The third-order valence-corrected chi connectivity index (χ3v) is 6.70. The van der Waals surface area contributed by atoms with Crippen molar-refractivity contribution in [3.63, 3.8) is 0 Å². The SMILES string of the molecule is O=C1CCCN1CC(NS(=O)(=O)c1cccc(-n2cnnn2)c1)c1cccc(C(F)(F)F)c1. The lowest BCUT2D eigenvalue weighted by molar-refractivity contribution is -0.137. The highest BCUT2D eigenvalue weighted by Crippen LogP contribution is 2.31. The fourth-order valence-electron chi connectivity index (χ4n) is 3.59. The van der Waals surface area contributed by atoms with E-state index in [9.17, 15) is 26.4 Å². The minimum Gasteiger partial charge on any atom is -0.341 e. The number of carbonyl (C=O) groups excluding carboxylic acids is 1. The molecule has 13 heteroatoms. The third kappa shape index (κ3) is 5.20. The second kappa shape index (κ2) is 8.90. The largest absolute Gasteiger partial charge is 0.416 e. The molecule has 0 spiro atoms. The van der Waals surface area contributed by atoms with Crippen LogP contribution in [0.25, 0.3) is 5.69 Å². The van der Waals surface area contributed by atoms with Gasteiger partial charge in [-0.2, -0.15) is 13.2 Å². The van der Waals surface area contributed by atoms with E-state index in [0.717, 1.165) is 12.1 Å². The number of alkyl halides is 3.